The van der Waals surface area contributed by atoms with Crippen molar-refractivity contribution in [2.75, 3.05) is 13.2 Å². The molecule has 1 aromatic carbocycles. The standard InChI is InChI=1S/C15H17BrClNO4/c1-9(10-2-3-10)18-14(19)7-22-15(20)8-21-13-5-4-11(16)6-12(13)17/h4-6,9-10H,2-3,7-8H2,1H3,(H,18,19)/t9-/m1/s1. The number of carbonyl (C=O) groups is 2. The minimum atomic E-state index is -0.617. The van der Waals surface area contributed by atoms with Crippen LogP contribution in [0, 0.1) is 5.92 Å². The fourth-order valence-corrected chi connectivity index (χ4v) is 2.65. The Morgan fingerprint density at radius 2 is 2.14 bits per heavy atom. The van der Waals surface area contributed by atoms with Gasteiger partial charge in [0.1, 0.15) is 5.75 Å². The van der Waals surface area contributed by atoms with Gasteiger partial charge in [-0.1, -0.05) is 27.5 Å². The first kappa shape index (κ1) is 17.1. The van der Waals surface area contributed by atoms with Gasteiger partial charge in [0.15, 0.2) is 13.2 Å². The lowest BCUT2D eigenvalue weighted by Crippen LogP contribution is -2.37. The van der Waals surface area contributed by atoms with Gasteiger partial charge < -0.3 is 14.8 Å². The third-order valence-corrected chi connectivity index (χ3v) is 4.11. The first-order valence-corrected chi connectivity index (χ1v) is 8.15. The van der Waals surface area contributed by atoms with Crippen molar-refractivity contribution in [3.8, 4) is 5.75 Å². The molecule has 1 saturated carbocycles. The molecule has 120 valence electrons. The number of esters is 1. The van der Waals surface area contributed by atoms with Gasteiger partial charge in [-0.15, -0.1) is 0 Å². The molecule has 22 heavy (non-hydrogen) atoms. The third kappa shape index (κ3) is 5.50. The number of hydrogen-bond donors (Lipinski definition) is 1. The number of ether oxygens (including phenoxy) is 2. The van der Waals surface area contributed by atoms with Crippen molar-refractivity contribution >= 4 is 39.4 Å². The number of halogens is 2. The molecule has 7 heteroatoms. The van der Waals surface area contributed by atoms with E-state index < -0.39 is 5.97 Å². The van der Waals surface area contributed by atoms with E-state index in [1.807, 2.05) is 6.92 Å². The van der Waals surface area contributed by atoms with Gasteiger partial charge in [-0.3, -0.25) is 4.79 Å². The molecule has 0 spiro atoms. The van der Waals surface area contributed by atoms with Crippen LogP contribution < -0.4 is 10.1 Å². The SMILES string of the molecule is C[C@@H](NC(=O)COC(=O)COc1ccc(Br)cc1Cl)C1CC1. The van der Waals surface area contributed by atoms with Crippen LogP contribution in [0.5, 0.6) is 5.75 Å². The molecule has 0 aromatic heterocycles. The maximum Gasteiger partial charge on any atom is 0.344 e. The molecule has 1 amide bonds. The Morgan fingerprint density at radius 3 is 2.77 bits per heavy atom. The number of hydrogen-bond acceptors (Lipinski definition) is 4. The lowest BCUT2D eigenvalue weighted by Gasteiger charge is -2.13. The minimum Gasteiger partial charge on any atom is -0.480 e. The van der Waals surface area contributed by atoms with Crippen LogP contribution in [0.25, 0.3) is 0 Å². The van der Waals surface area contributed by atoms with Crippen LogP contribution in [-0.4, -0.2) is 31.1 Å². The van der Waals surface area contributed by atoms with Crippen LogP contribution in [0.15, 0.2) is 22.7 Å². The fourth-order valence-electron chi connectivity index (χ4n) is 1.93. The zero-order valence-corrected chi connectivity index (χ0v) is 14.4. The van der Waals surface area contributed by atoms with E-state index in [4.69, 9.17) is 21.1 Å². The van der Waals surface area contributed by atoms with Crippen molar-refractivity contribution in [3.63, 3.8) is 0 Å². The second-order valence-electron chi connectivity index (χ2n) is 5.22. The summed E-state index contributed by atoms with van der Waals surface area (Å²) >= 11 is 9.24. The number of rotatable bonds is 7. The first-order chi connectivity index (χ1) is 10.5. The zero-order valence-electron chi connectivity index (χ0n) is 12.1. The van der Waals surface area contributed by atoms with Gasteiger partial charge in [0.2, 0.25) is 0 Å². The molecule has 0 saturated heterocycles. The van der Waals surface area contributed by atoms with Crippen molar-refractivity contribution < 1.29 is 19.1 Å². The van der Waals surface area contributed by atoms with Crippen LogP contribution in [0.4, 0.5) is 0 Å². The van der Waals surface area contributed by atoms with Gasteiger partial charge in [-0.2, -0.15) is 0 Å². The average molecular weight is 391 g/mol. The molecule has 0 heterocycles. The Kier molecular flexibility index (Phi) is 6.08. The molecule has 0 unspecified atom stereocenters. The summed E-state index contributed by atoms with van der Waals surface area (Å²) in [7, 11) is 0. The predicted octanol–water partition coefficient (Wildman–Crippen LogP) is 2.94. The predicted molar refractivity (Wildman–Crippen MR) is 85.9 cm³/mol. The van der Waals surface area contributed by atoms with Crippen LogP contribution in [-0.2, 0) is 14.3 Å². The van der Waals surface area contributed by atoms with Crippen molar-refractivity contribution in [2.45, 2.75) is 25.8 Å². The third-order valence-electron chi connectivity index (χ3n) is 3.32. The largest absolute Gasteiger partial charge is 0.480 e. The summed E-state index contributed by atoms with van der Waals surface area (Å²) in [5.41, 5.74) is 0. The minimum absolute atomic E-state index is 0.129. The quantitative estimate of drug-likeness (QED) is 0.727. The number of amides is 1. The molecule has 2 rings (SSSR count). The number of nitrogens with one attached hydrogen (secondary N) is 1. The van der Waals surface area contributed by atoms with E-state index in [1.54, 1.807) is 18.2 Å². The van der Waals surface area contributed by atoms with E-state index in [9.17, 15) is 9.59 Å². The van der Waals surface area contributed by atoms with Crippen molar-refractivity contribution in [1.82, 2.24) is 5.32 Å². The lowest BCUT2D eigenvalue weighted by molar-refractivity contribution is -0.150. The van der Waals surface area contributed by atoms with Gasteiger partial charge in [-0.25, -0.2) is 4.79 Å². The maximum atomic E-state index is 11.6. The van der Waals surface area contributed by atoms with Gasteiger partial charge >= 0.3 is 5.97 Å². The molecule has 1 N–H and O–H groups in total. The first-order valence-electron chi connectivity index (χ1n) is 6.98. The molecule has 0 bridgehead atoms. The lowest BCUT2D eigenvalue weighted by atomic mass is 10.2. The average Bonchev–Trinajstić information content (AvgIpc) is 3.28. The van der Waals surface area contributed by atoms with Crippen LogP contribution >= 0.6 is 27.5 Å². The van der Waals surface area contributed by atoms with E-state index in [0.717, 1.165) is 17.3 Å². The second-order valence-corrected chi connectivity index (χ2v) is 6.54. The van der Waals surface area contributed by atoms with Crippen LogP contribution in [0.2, 0.25) is 5.02 Å². The van der Waals surface area contributed by atoms with Crippen LogP contribution in [0.1, 0.15) is 19.8 Å². The fraction of sp³-hybridized carbons (Fsp3) is 0.467. The molecular weight excluding hydrogens is 374 g/mol. The highest BCUT2D eigenvalue weighted by molar-refractivity contribution is 9.10. The summed E-state index contributed by atoms with van der Waals surface area (Å²) in [6.45, 7) is 1.36. The van der Waals surface area contributed by atoms with E-state index >= 15 is 0 Å². The van der Waals surface area contributed by atoms with E-state index in [2.05, 4.69) is 21.2 Å². The van der Waals surface area contributed by atoms with E-state index in [1.165, 1.54) is 0 Å². The Bertz CT molecular complexity index is 562. The van der Waals surface area contributed by atoms with E-state index in [0.29, 0.717) is 16.7 Å². The molecular formula is C15H17BrClNO4. The highest BCUT2D eigenvalue weighted by Crippen LogP contribution is 2.32. The molecule has 1 aromatic rings. The normalized spacial score (nSPS) is 15.0. The maximum absolute atomic E-state index is 11.6. The summed E-state index contributed by atoms with van der Waals surface area (Å²) < 4.78 is 10.9. The van der Waals surface area contributed by atoms with Gasteiger partial charge in [0, 0.05) is 10.5 Å². The van der Waals surface area contributed by atoms with Crippen molar-refractivity contribution in [3.05, 3.63) is 27.7 Å². The molecule has 1 fully saturated rings. The summed E-state index contributed by atoms with van der Waals surface area (Å²) in [5, 5.41) is 3.19. The van der Waals surface area contributed by atoms with Gasteiger partial charge in [-0.05, 0) is 43.9 Å². The number of carbonyl (C=O) groups excluding carboxylic acids is 2. The molecule has 0 aliphatic heterocycles. The summed E-state index contributed by atoms with van der Waals surface area (Å²) in [6.07, 6.45) is 2.28. The van der Waals surface area contributed by atoms with Crippen molar-refractivity contribution in [2.24, 2.45) is 5.92 Å². The molecule has 5 nitrogen and oxygen atoms in total. The molecule has 1 aliphatic carbocycles. The Hall–Kier alpha value is -1.27. The summed E-state index contributed by atoms with van der Waals surface area (Å²) in [5.74, 6) is 0.0267. The monoisotopic (exact) mass is 389 g/mol. The summed E-state index contributed by atoms with van der Waals surface area (Å²) in [6, 6.07) is 5.18. The smallest absolute Gasteiger partial charge is 0.344 e. The summed E-state index contributed by atoms with van der Waals surface area (Å²) in [4.78, 5) is 23.2. The molecule has 1 aliphatic rings. The second kappa shape index (κ2) is 7.83. The molecule has 1 atom stereocenters. The molecule has 0 radical (unpaired) electrons. The zero-order chi connectivity index (χ0) is 16.1. The van der Waals surface area contributed by atoms with Crippen LogP contribution in [0.3, 0.4) is 0 Å². The van der Waals surface area contributed by atoms with E-state index in [-0.39, 0.29) is 25.2 Å². The Labute approximate surface area is 142 Å². The topological polar surface area (TPSA) is 64.6 Å². The Balaban J connectivity index is 1.67. The Morgan fingerprint density at radius 1 is 1.41 bits per heavy atom. The van der Waals surface area contributed by atoms with Gasteiger partial charge in [0.05, 0.1) is 5.02 Å². The highest BCUT2D eigenvalue weighted by atomic mass is 79.9. The number of benzene rings is 1. The van der Waals surface area contributed by atoms with Crippen molar-refractivity contribution in [1.29, 1.82) is 0 Å². The van der Waals surface area contributed by atoms with Gasteiger partial charge in [0.25, 0.3) is 5.91 Å². The highest BCUT2D eigenvalue weighted by Gasteiger charge is 2.28.